The van der Waals surface area contributed by atoms with Crippen LogP contribution in [0.5, 0.6) is 0 Å². The molecule has 2 atom stereocenters. The number of carbonyl (C=O) groups excluding carboxylic acids is 1. The van der Waals surface area contributed by atoms with E-state index < -0.39 is 22.5 Å². The Hall–Kier alpha value is -2.80. The van der Waals surface area contributed by atoms with E-state index in [-0.39, 0.29) is 17.6 Å². The number of halogens is 1. The van der Waals surface area contributed by atoms with Crippen LogP contribution in [0.1, 0.15) is 38.8 Å². The Morgan fingerprint density at radius 3 is 2.41 bits per heavy atom. The maximum atomic E-state index is 13.4. The van der Waals surface area contributed by atoms with Crippen molar-refractivity contribution < 1.29 is 14.1 Å². The number of carbonyl (C=O) groups is 1. The van der Waals surface area contributed by atoms with Gasteiger partial charge in [-0.25, -0.2) is 0 Å². The summed E-state index contributed by atoms with van der Waals surface area (Å²) >= 11 is 0. The lowest BCUT2D eigenvalue weighted by Crippen LogP contribution is -2.40. The first-order valence-corrected chi connectivity index (χ1v) is 8.83. The molecule has 144 valence electrons. The number of amides is 1. The molecule has 0 fully saturated rings. The smallest absolute Gasteiger partial charge is 0.306 e. The summed E-state index contributed by atoms with van der Waals surface area (Å²) in [7, 11) is 0. The third kappa shape index (κ3) is 5.86. The molecular weight excluding hydrogens is 349 g/mol. The van der Waals surface area contributed by atoms with E-state index in [1.807, 2.05) is 30.3 Å². The highest BCUT2D eigenvalue weighted by atomic mass is 19.1. The van der Waals surface area contributed by atoms with Crippen molar-refractivity contribution >= 4 is 17.3 Å². The minimum absolute atomic E-state index is 0.00509. The number of nitrogens with one attached hydrogen (secondary N) is 2. The average molecular weight is 373 g/mol. The number of hydrogen-bond acceptors (Lipinski definition) is 4. The van der Waals surface area contributed by atoms with Crippen LogP contribution >= 0.6 is 0 Å². The van der Waals surface area contributed by atoms with Crippen LogP contribution in [-0.4, -0.2) is 16.9 Å². The van der Waals surface area contributed by atoms with Gasteiger partial charge in [-0.1, -0.05) is 44.2 Å². The Kier molecular flexibility index (Phi) is 7.01. The van der Waals surface area contributed by atoms with E-state index in [2.05, 4.69) is 24.5 Å². The van der Waals surface area contributed by atoms with Crippen molar-refractivity contribution in [3.63, 3.8) is 0 Å². The molecule has 6 nitrogen and oxygen atoms in total. The second-order valence-corrected chi connectivity index (χ2v) is 6.89. The molecule has 27 heavy (non-hydrogen) atoms. The van der Waals surface area contributed by atoms with Crippen molar-refractivity contribution in [3.05, 3.63) is 70.0 Å². The van der Waals surface area contributed by atoms with E-state index in [0.717, 1.165) is 24.1 Å². The Morgan fingerprint density at radius 1 is 1.15 bits per heavy atom. The van der Waals surface area contributed by atoms with Gasteiger partial charge in [0.15, 0.2) is 0 Å². The molecule has 0 aromatic heterocycles. The molecule has 0 saturated carbocycles. The van der Waals surface area contributed by atoms with Crippen LogP contribution in [0.4, 0.5) is 15.8 Å². The minimum atomic E-state index is -0.940. The highest BCUT2D eigenvalue weighted by molar-refractivity contribution is 5.94. The summed E-state index contributed by atoms with van der Waals surface area (Å²) in [6, 6.07) is 12.6. The fourth-order valence-electron chi connectivity index (χ4n) is 2.82. The van der Waals surface area contributed by atoms with E-state index in [4.69, 9.17) is 0 Å². The molecular formula is C20H24FN3O3. The highest BCUT2D eigenvalue weighted by Crippen LogP contribution is 2.23. The lowest BCUT2D eigenvalue weighted by atomic mass is 9.96. The monoisotopic (exact) mass is 373 g/mol. The predicted molar refractivity (Wildman–Crippen MR) is 103 cm³/mol. The van der Waals surface area contributed by atoms with Crippen LogP contribution in [0, 0.1) is 21.8 Å². The van der Waals surface area contributed by atoms with Gasteiger partial charge in [-0.05, 0) is 37.0 Å². The molecule has 0 radical (unpaired) electrons. The van der Waals surface area contributed by atoms with E-state index in [0.29, 0.717) is 5.92 Å². The summed E-state index contributed by atoms with van der Waals surface area (Å²) in [5.41, 5.74) is 0.598. The van der Waals surface area contributed by atoms with Crippen LogP contribution in [0.3, 0.4) is 0 Å². The molecule has 0 aliphatic heterocycles. The van der Waals surface area contributed by atoms with Gasteiger partial charge in [0.1, 0.15) is 0 Å². The van der Waals surface area contributed by atoms with Gasteiger partial charge in [0.05, 0.1) is 11.0 Å². The van der Waals surface area contributed by atoms with Crippen molar-refractivity contribution in [2.45, 2.75) is 39.3 Å². The third-order valence-corrected chi connectivity index (χ3v) is 4.16. The summed E-state index contributed by atoms with van der Waals surface area (Å²) in [6.07, 6.45) is 0.851. The average Bonchev–Trinajstić information content (AvgIpc) is 2.62. The largest absolute Gasteiger partial charge is 0.324 e. The highest BCUT2D eigenvalue weighted by Gasteiger charge is 2.21. The predicted octanol–water partition coefficient (Wildman–Crippen LogP) is 4.44. The van der Waals surface area contributed by atoms with Crippen molar-refractivity contribution in [2.24, 2.45) is 5.92 Å². The Balaban J connectivity index is 2.09. The lowest BCUT2D eigenvalue weighted by molar-refractivity contribution is -0.387. The van der Waals surface area contributed by atoms with Crippen LogP contribution < -0.4 is 10.6 Å². The van der Waals surface area contributed by atoms with Crippen molar-refractivity contribution in [1.82, 2.24) is 5.32 Å². The second kappa shape index (κ2) is 9.23. The maximum Gasteiger partial charge on any atom is 0.306 e. The van der Waals surface area contributed by atoms with Gasteiger partial charge in [-0.2, -0.15) is 4.39 Å². The number of benzene rings is 2. The second-order valence-electron chi connectivity index (χ2n) is 6.89. The molecule has 0 spiro atoms. The minimum Gasteiger partial charge on any atom is -0.324 e. The van der Waals surface area contributed by atoms with E-state index in [1.54, 1.807) is 6.92 Å². The molecule has 0 aliphatic rings. The number of rotatable bonds is 8. The number of nitrogens with zero attached hydrogens (tertiary/aromatic N) is 1. The molecule has 0 saturated heterocycles. The molecule has 2 N–H and O–H groups in total. The molecule has 0 aliphatic carbocycles. The summed E-state index contributed by atoms with van der Waals surface area (Å²) in [5, 5.41) is 16.8. The van der Waals surface area contributed by atoms with Gasteiger partial charge in [-0.15, -0.1) is 0 Å². The maximum absolute atomic E-state index is 13.4. The third-order valence-electron chi connectivity index (χ3n) is 4.16. The zero-order valence-electron chi connectivity index (χ0n) is 15.6. The molecule has 2 aromatic rings. The molecule has 2 rings (SSSR count). The first-order chi connectivity index (χ1) is 12.8. The Bertz CT molecular complexity index is 796. The summed E-state index contributed by atoms with van der Waals surface area (Å²) < 4.78 is 13.4. The summed E-state index contributed by atoms with van der Waals surface area (Å²) in [5.74, 6) is -0.858. The molecule has 0 bridgehead atoms. The lowest BCUT2D eigenvalue weighted by Gasteiger charge is -2.25. The van der Waals surface area contributed by atoms with Gasteiger partial charge in [-0.3, -0.25) is 20.2 Å². The normalized spacial score (nSPS) is 13.2. The molecule has 7 heteroatoms. The van der Waals surface area contributed by atoms with E-state index >= 15 is 0 Å². The molecule has 2 aromatic carbocycles. The fourth-order valence-corrected chi connectivity index (χ4v) is 2.82. The topological polar surface area (TPSA) is 84.3 Å². The fraction of sp³-hybridized carbons (Fsp3) is 0.350. The number of nitro groups is 1. The van der Waals surface area contributed by atoms with Crippen molar-refractivity contribution in [3.8, 4) is 0 Å². The van der Waals surface area contributed by atoms with Crippen molar-refractivity contribution in [1.29, 1.82) is 0 Å². The van der Waals surface area contributed by atoms with Crippen LogP contribution in [0.25, 0.3) is 0 Å². The zero-order chi connectivity index (χ0) is 20.0. The molecule has 0 unspecified atom stereocenters. The van der Waals surface area contributed by atoms with E-state index in [1.165, 1.54) is 6.07 Å². The quantitative estimate of drug-likeness (QED) is 0.529. The Morgan fingerprint density at radius 2 is 1.81 bits per heavy atom. The number of anilines is 1. The zero-order valence-corrected chi connectivity index (χ0v) is 15.6. The van der Waals surface area contributed by atoms with Gasteiger partial charge in [0, 0.05) is 17.8 Å². The SMILES string of the molecule is CC(C)C[C@H](N[C@H](C)C(=O)Nc1ccc(F)c([N+](=O)[O-])c1)c1ccccc1. The summed E-state index contributed by atoms with van der Waals surface area (Å²) in [6.45, 7) is 5.95. The van der Waals surface area contributed by atoms with Crippen LogP contribution in [0.2, 0.25) is 0 Å². The van der Waals surface area contributed by atoms with Gasteiger partial charge in [0.2, 0.25) is 11.7 Å². The molecule has 1 amide bonds. The van der Waals surface area contributed by atoms with Gasteiger partial charge < -0.3 is 5.32 Å². The van der Waals surface area contributed by atoms with Gasteiger partial charge >= 0.3 is 5.69 Å². The first-order valence-electron chi connectivity index (χ1n) is 8.83. The van der Waals surface area contributed by atoms with Crippen LogP contribution in [0.15, 0.2) is 48.5 Å². The Labute approximate surface area is 157 Å². The van der Waals surface area contributed by atoms with Crippen LogP contribution in [-0.2, 0) is 4.79 Å². The van der Waals surface area contributed by atoms with Crippen molar-refractivity contribution in [2.75, 3.05) is 5.32 Å². The van der Waals surface area contributed by atoms with E-state index in [9.17, 15) is 19.3 Å². The number of hydrogen-bond donors (Lipinski definition) is 2. The van der Waals surface area contributed by atoms with Gasteiger partial charge in [0.25, 0.3) is 0 Å². The standard InChI is InChI=1S/C20H24FN3O3/c1-13(2)11-18(15-7-5-4-6-8-15)22-14(3)20(25)23-16-9-10-17(21)19(12-16)24(26)27/h4-10,12-14,18,22H,11H2,1-3H3,(H,23,25)/t14-,18+/m1/s1. The summed E-state index contributed by atoms with van der Waals surface area (Å²) in [4.78, 5) is 22.5. The number of nitro benzene ring substituents is 1. The first kappa shape index (κ1) is 20.5. The molecule has 0 heterocycles.